The third kappa shape index (κ3) is 6.98. The van der Waals surface area contributed by atoms with Crippen LogP contribution < -0.4 is 0 Å². The van der Waals surface area contributed by atoms with Gasteiger partial charge >= 0.3 is 18.0 Å². The van der Waals surface area contributed by atoms with Gasteiger partial charge in [0.05, 0.1) is 12.5 Å². The molecule has 0 aliphatic heterocycles. The summed E-state index contributed by atoms with van der Waals surface area (Å²) in [5.41, 5.74) is 0. The molecule has 0 saturated heterocycles. The molecule has 0 aromatic carbocycles. The van der Waals surface area contributed by atoms with E-state index in [-0.39, 0.29) is 12.5 Å². The van der Waals surface area contributed by atoms with Crippen LogP contribution in [0.15, 0.2) is 0 Å². The van der Waals surface area contributed by atoms with Crippen molar-refractivity contribution in [1.82, 2.24) is 9.96 Å². The fourth-order valence-corrected chi connectivity index (χ4v) is 1.90. The van der Waals surface area contributed by atoms with Crippen molar-refractivity contribution < 1.29 is 29.1 Å². The normalized spacial score (nSPS) is 11.8. The zero-order valence-electron chi connectivity index (χ0n) is 15.7. The number of guanidine groups is 1. The smallest absolute Gasteiger partial charge is 0.451 e. The third-order valence-corrected chi connectivity index (χ3v) is 3.37. The molecule has 0 spiro atoms. The summed E-state index contributed by atoms with van der Waals surface area (Å²) in [5, 5.41) is 17.9. The number of hydroxylamine groups is 2. The van der Waals surface area contributed by atoms with Crippen LogP contribution in [0.4, 0.5) is 4.79 Å². The Kier molecular flexibility index (Phi) is 9.55. The number of ether oxygens (including phenoxy) is 1. The van der Waals surface area contributed by atoms with Crippen LogP contribution in [0.5, 0.6) is 0 Å². The highest BCUT2D eigenvalue weighted by Crippen LogP contribution is 2.13. The van der Waals surface area contributed by atoms with Crippen LogP contribution in [0.1, 0.15) is 47.5 Å². The zero-order valence-corrected chi connectivity index (χ0v) is 15.7. The molecule has 0 rings (SSSR count). The Labute approximate surface area is 148 Å². The maximum Gasteiger partial charge on any atom is 0.451 e. The van der Waals surface area contributed by atoms with E-state index in [2.05, 4.69) is 0 Å². The molecule has 0 radical (unpaired) electrons. The van der Waals surface area contributed by atoms with Gasteiger partial charge in [-0.1, -0.05) is 46.1 Å². The van der Waals surface area contributed by atoms with Crippen LogP contribution in [0.2, 0.25) is 0 Å². The van der Waals surface area contributed by atoms with Crippen LogP contribution >= 0.6 is 0 Å². The van der Waals surface area contributed by atoms with E-state index in [0.29, 0.717) is 11.5 Å². The number of amides is 1. The van der Waals surface area contributed by atoms with Crippen LogP contribution in [0, 0.1) is 17.2 Å². The summed E-state index contributed by atoms with van der Waals surface area (Å²) in [4.78, 5) is 41.5. The number of likely N-dealkylation sites (N-methyl/N-ethyl adjacent to an activating group) is 1. The van der Waals surface area contributed by atoms with Gasteiger partial charge in [0.1, 0.15) is 6.04 Å². The molecule has 9 nitrogen and oxygen atoms in total. The van der Waals surface area contributed by atoms with Gasteiger partial charge in [-0.2, -0.15) is 0 Å². The van der Waals surface area contributed by atoms with E-state index in [4.69, 9.17) is 15.0 Å². The largest absolute Gasteiger partial charge is 0.480 e. The van der Waals surface area contributed by atoms with Crippen molar-refractivity contribution in [3.63, 3.8) is 0 Å². The van der Waals surface area contributed by atoms with Gasteiger partial charge in [0.2, 0.25) is 5.96 Å². The molecule has 25 heavy (non-hydrogen) atoms. The highest BCUT2D eigenvalue weighted by Gasteiger charge is 2.35. The first kappa shape index (κ1) is 22.7. The monoisotopic (exact) mass is 359 g/mol. The molecule has 0 aromatic rings. The molecule has 144 valence electrons. The third-order valence-electron chi connectivity index (χ3n) is 3.37. The van der Waals surface area contributed by atoms with Crippen molar-refractivity contribution in [1.29, 1.82) is 5.41 Å². The summed E-state index contributed by atoms with van der Waals surface area (Å²) in [7, 11) is 1.34. The molecule has 0 fully saturated rings. The number of hydrogen-bond acceptors (Lipinski definition) is 6. The molecule has 1 atom stereocenters. The van der Waals surface area contributed by atoms with Gasteiger partial charge in [0, 0.05) is 7.05 Å². The first-order valence-electron chi connectivity index (χ1n) is 8.27. The highest BCUT2D eigenvalue weighted by molar-refractivity contribution is 5.94. The Balaban J connectivity index is 5.41. The van der Waals surface area contributed by atoms with E-state index in [1.807, 2.05) is 6.92 Å². The standard InChI is InChI=1S/C16H29N3O6/c1-7-8-9-24-16(23)19(25-14(22)11(4)5)15(17)18(6)12(10(2)3)13(20)21/h10-12,17H,7-9H2,1-6H3,(H,20,21). The number of aliphatic carboxylic acids is 1. The van der Waals surface area contributed by atoms with Crippen molar-refractivity contribution in [2.24, 2.45) is 11.8 Å². The molecule has 1 amide bonds. The second kappa shape index (κ2) is 10.5. The molecular formula is C16H29N3O6. The average molecular weight is 359 g/mol. The summed E-state index contributed by atoms with van der Waals surface area (Å²) in [6.45, 7) is 8.52. The van der Waals surface area contributed by atoms with Crippen molar-refractivity contribution in [3.05, 3.63) is 0 Å². The van der Waals surface area contributed by atoms with Gasteiger partial charge in [0.25, 0.3) is 0 Å². The van der Waals surface area contributed by atoms with Crippen molar-refractivity contribution in [2.45, 2.75) is 53.5 Å². The molecule has 0 heterocycles. The van der Waals surface area contributed by atoms with Crippen LogP contribution in [0.3, 0.4) is 0 Å². The van der Waals surface area contributed by atoms with Crippen molar-refractivity contribution in [2.75, 3.05) is 13.7 Å². The second-order valence-electron chi connectivity index (χ2n) is 6.29. The summed E-state index contributed by atoms with van der Waals surface area (Å²) >= 11 is 0. The molecule has 0 aliphatic carbocycles. The summed E-state index contributed by atoms with van der Waals surface area (Å²) in [6, 6.07) is -1.07. The molecule has 0 aromatic heterocycles. The number of hydrogen-bond donors (Lipinski definition) is 2. The number of carbonyl (C=O) groups is 3. The van der Waals surface area contributed by atoms with Gasteiger partial charge in [-0.3, -0.25) is 5.41 Å². The molecule has 0 aliphatic rings. The lowest BCUT2D eigenvalue weighted by Crippen LogP contribution is -2.53. The van der Waals surface area contributed by atoms with Gasteiger partial charge < -0.3 is 19.6 Å². The average Bonchev–Trinajstić information content (AvgIpc) is 2.50. The number of carboxylic acid groups (broad SMARTS) is 1. The van der Waals surface area contributed by atoms with E-state index >= 15 is 0 Å². The molecule has 0 saturated carbocycles. The van der Waals surface area contributed by atoms with Gasteiger partial charge in [-0.15, -0.1) is 0 Å². The number of nitrogens with one attached hydrogen (secondary N) is 1. The minimum atomic E-state index is -1.16. The Morgan fingerprint density at radius 1 is 1.16 bits per heavy atom. The van der Waals surface area contributed by atoms with Gasteiger partial charge in [-0.05, 0) is 12.3 Å². The number of rotatable bonds is 7. The first-order chi connectivity index (χ1) is 11.5. The van der Waals surface area contributed by atoms with Crippen LogP contribution in [0.25, 0.3) is 0 Å². The molecule has 2 N–H and O–H groups in total. The summed E-state index contributed by atoms with van der Waals surface area (Å²) < 4.78 is 4.99. The Bertz CT molecular complexity index is 492. The minimum absolute atomic E-state index is 0.106. The lowest BCUT2D eigenvalue weighted by atomic mass is 10.0. The topological polar surface area (TPSA) is 120 Å². The molecule has 0 bridgehead atoms. The lowest BCUT2D eigenvalue weighted by Gasteiger charge is -2.33. The Morgan fingerprint density at radius 3 is 2.12 bits per heavy atom. The second-order valence-corrected chi connectivity index (χ2v) is 6.29. The Morgan fingerprint density at radius 2 is 1.72 bits per heavy atom. The predicted octanol–water partition coefficient (Wildman–Crippen LogP) is 2.32. The maximum absolute atomic E-state index is 12.2. The first-order valence-corrected chi connectivity index (χ1v) is 8.27. The number of unbranched alkanes of at least 4 members (excludes halogenated alkanes) is 1. The van der Waals surface area contributed by atoms with E-state index in [1.165, 1.54) is 7.05 Å². The predicted molar refractivity (Wildman–Crippen MR) is 90.8 cm³/mol. The number of carboxylic acids is 1. The van der Waals surface area contributed by atoms with Crippen LogP contribution in [-0.2, 0) is 19.2 Å². The number of nitrogens with zero attached hydrogens (tertiary/aromatic N) is 2. The summed E-state index contributed by atoms with van der Waals surface area (Å²) in [5.74, 6) is -3.36. The van der Waals surface area contributed by atoms with E-state index in [9.17, 15) is 19.5 Å². The zero-order chi connectivity index (χ0) is 19.7. The van der Waals surface area contributed by atoms with Gasteiger partial charge in [-0.25, -0.2) is 14.4 Å². The van der Waals surface area contributed by atoms with Crippen molar-refractivity contribution in [3.8, 4) is 0 Å². The summed E-state index contributed by atoms with van der Waals surface area (Å²) in [6.07, 6.45) is 0.377. The van der Waals surface area contributed by atoms with Crippen LogP contribution in [-0.4, -0.2) is 58.8 Å². The fraction of sp³-hybridized carbons (Fsp3) is 0.750. The molecule has 9 heteroatoms. The van der Waals surface area contributed by atoms with E-state index in [0.717, 1.165) is 11.3 Å². The quantitative estimate of drug-likeness (QED) is 0.310. The van der Waals surface area contributed by atoms with E-state index < -0.39 is 36.0 Å². The number of carbonyl (C=O) groups excluding carboxylic acids is 2. The Hall–Kier alpha value is -2.32. The molecular weight excluding hydrogens is 330 g/mol. The lowest BCUT2D eigenvalue weighted by molar-refractivity contribution is -0.173. The molecule has 1 unspecified atom stereocenters. The van der Waals surface area contributed by atoms with Crippen molar-refractivity contribution >= 4 is 24.0 Å². The minimum Gasteiger partial charge on any atom is -0.480 e. The maximum atomic E-state index is 12.2. The fourth-order valence-electron chi connectivity index (χ4n) is 1.90. The van der Waals surface area contributed by atoms with E-state index in [1.54, 1.807) is 27.7 Å². The van der Waals surface area contributed by atoms with Gasteiger partial charge in [0.15, 0.2) is 0 Å². The SMILES string of the molecule is CCCCOC(=O)N(OC(=O)C(C)C)C(=N)N(C)C(C(=O)O)C(C)C. The highest BCUT2D eigenvalue weighted by atomic mass is 16.8.